The summed E-state index contributed by atoms with van der Waals surface area (Å²) in [6, 6.07) is 10.9. The van der Waals surface area contributed by atoms with Crippen LogP contribution in [-0.2, 0) is 4.79 Å². The molecule has 0 saturated heterocycles. The number of para-hydroxylation sites is 1. The van der Waals surface area contributed by atoms with Crippen LogP contribution in [0.15, 0.2) is 48.5 Å². The molecule has 0 heterocycles. The molecule has 0 N–H and O–H groups in total. The smallest absolute Gasteiger partial charge is 0.336 e. The van der Waals surface area contributed by atoms with Gasteiger partial charge in [-0.3, -0.25) is 10.1 Å². The topological polar surface area (TPSA) is 87.9 Å². The molecule has 0 unspecified atom stereocenters. The maximum absolute atomic E-state index is 12.0. The van der Waals surface area contributed by atoms with Gasteiger partial charge in [-0.15, -0.1) is 0 Å². The van der Waals surface area contributed by atoms with Gasteiger partial charge in [-0.25, -0.2) is 4.79 Å². The first-order valence-electron chi connectivity index (χ1n) is 6.90. The molecular weight excluding hydrogens is 314 g/mol. The predicted octanol–water partition coefficient (Wildman–Crippen LogP) is 3.23. The lowest BCUT2D eigenvalue weighted by Crippen LogP contribution is -2.06. The highest BCUT2D eigenvalue weighted by molar-refractivity contribution is 5.89. The Labute approximate surface area is 138 Å². The maximum atomic E-state index is 12.0. The van der Waals surface area contributed by atoms with Crippen molar-refractivity contribution in [2.75, 3.05) is 14.2 Å². The molecule has 0 radical (unpaired) electrons. The third-order valence-corrected chi connectivity index (χ3v) is 3.08. The fourth-order valence-corrected chi connectivity index (χ4v) is 1.96. The largest absolute Gasteiger partial charge is 0.493 e. The first-order chi connectivity index (χ1) is 11.5. The summed E-state index contributed by atoms with van der Waals surface area (Å²) in [6.07, 6.45) is 2.60. The maximum Gasteiger partial charge on any atom is 0.336 e. The number of carbonyl (C=O) groups is 1. The lowest BCUT2D eigenvalue weighted by Gasteiger charge is -2.11. The van der Waals surface area contributed by atoms with Gasteiger partial charge in [-0.05, 0) is 23.8 Å². The van der Waals surface area contributed by atoms with Gasteiger partial charge in [0.25, 0.3) is 5.69 Å². The van der Waals surface area contributed by atoms with Crippen molar-refractivity contribution < 1.29 is 23.9 Å². The van der Waals surface area contributed by atoms with Gasteiger partial charge in [0.15, 0.2) is 11.5 Å². The van der Waals surface area contributed by atoms with E-state index in [0.29, 0.717) is 17.1 Å². The van der Waals surface area contributed by atoms with Crippen molar-refractivity contribution in [2.45, 2.75) is 0 Å². The number of hydrogen-bond donors (Lipinski definition) is 0. The lowest BCUT2D eigenvalue weighted by molar-refractivity contribution is -0.384. The third kappa shape index (κ3) is 4.10. The Bertz CT molecular complexity index is 762. The Kier molecular flexibility index (Phi) is 5.51. The van der Waals surface area contributed by atoms with Crippen LogP contribution in [0.5, 0.6) is 17.2 Å². The van der Waals surface area contributed by atoms with E-state index in [0.717, 1.165) is 0 Å². The summed E-state index contributed by atoms with van der Waals surface area (Å²) in [4.78, 5) is 22.2. The summed E-state index contributed by atoms with van der Waals surface area (Å²) >= 11 is 0. The Balaban J connectivity index is 2.17. The Morgan fingerprint density at radius 1 is 1.08 bits per heavy atom. The van der Waals surface area contributed by atoms with E-state index in [1.54, 1.807) is 24.3 Å². The average Bonchev–Trinajstić information content (AvgIpc) is 2.60. The van der Waals surface area contributed by atoms with Crippen LogP contribution in [0.4, 0.5) is 5.69 Å². The van der Waals surface area contributed by atoms with Crippen LogP contribution in [0.2, 0.25) is 0 Å². The number of benzene rings is 2. The van der Waals surface area contributed by atoms with E-state index >= 15 is 0 Å². The van der Waals surface area contributed by atoms with Gasteiger partial charge in [0.05, 0.1) is 19.1 Å². The zero-order chi connectivity index (χ0) is 17.5. The molecule has 0 spiro atoms. The summed E-state index contributed by atoms with van der Waals surface area (Å²) in [5.41, 5.74) is 0.449. The van der Waals surface area contributed by atoms with Crippen LogP contribution < -0.4 is 14.2 Å². The van der Waals surface area contributed by atoms with Crippen LogP contribution in [0.3, 0.4) is 0 Å². The number of hydrogen-bond acceptors (Lipinski definition) is 6. The molecule has 124 valence electrons. The minimum atomic E-state index is -0.663. The molecule has 0 aliphatic carbocycles. The van der Waals surface area contributed by atoms with Gasteiger partial charge >= 0.3 is 5.97 Å². The van der Waals surface area contributed by atoms with E-state index in [1.807, 2.05) is 0 Å². The SMILES string of the molecule is COc1cccc(OC)c1OC(=O)/C=C/c1cccc([N+](=O)[O-])c1. The molecule has 2 aromatic carbocycles. The standard InChI is InChI=1S/C17H15NO6/c1-22-14-7-4-8-15(23-2)17(14)24-16(19)10-9-12-5-3-6-13(11-12)18(20)21/h3-11H,1-2H3/b10-9+. The van der Waals surface area contributed by atoms with Gasteiger partial charge in [0.1, 0.15) is 0 Å². The van der Waals surface area contributed by atoms with Crippen LogP contribution >= 0.6 is 0 Å². The van der Waals surface area contributed by atoms with Crippen molar-refractivity contribution in [1.29, 1.82) is 0 Å². The quantitative estimate of drug-likeness (QED) is 0.266. The van der Waals surface area contributed by atoms with E-state index in [1.165, 1.54) is 44.6 Å². The molecule has 2 rings (SSSR count). The van der Waals surface area contributed by atoms with Crippen molar-refractivity contribution in [3.05, 3.63) is 64.2 Å². The Morgan fingerprint density at radius 2 is 1.71 bits per heavy atom. The number of non-ortho nitro benzene ring substituents is 1. The van der Waals surface area contributed by atoms with E-state index in [-0.39, 0.29) is 11.4 Å². The molecule has 24 heavy (non-hydrogen) atoms. The van der Waals surface area contributed by atoms with Crippen LogP contribution in [0.1, 0.15) is 5.56 Å². The minimum absolute atomic E-state index is 0.0584. The Morgan fingerprint density at radius 3 is 2.29 bits per heavy atom. The summed E-state index contributed by atoms with van der Waals surface area (Å²) in [7, 11) is 2.90. The molecule has 0 amide bonds. The molecule has 0 aliphatic heterocycles. The number of esters is 1. The molecule has 2 aromatic rings. The van der Waals surface area contributed by atoms with Crippen molar-refractivity contribution in [1.82, 2.24) is 0 Å². The van der Waals surface area contributed by atoms with Gasteiger partial charge in [0.2, 0.25) is 5.75 Å². The number of nitrogens with zero attached hydrogens (tertiary/aromatic N) is 1. The number of rotatable bonds is 6. The summed E-state index contributed by atoms with van der Waals surface area (Å²) in [5, 5.41) is 10.7. The molecule has 7 nitrogen and oxygen atoms in total. The number of methoxy groups -OCH3 is 2. The molecule has 7 heteroatoms. The number of nitro groups is 1. The second-order valence-corrected chi connectivity index (χ2v) is 4.60. The number of nitro benzene ring substituents is 1. The highest BCUT2D eigenvalue weighted by Gasteiger charge is 2.14. The molecule has 0 fully saturated rings. The zero-order valence-electron chi connectivity index (χ0n) is 13.1. The van der Waals surface area contributed by atoms with Gasteiger partial charge in [0, 0.05) is 18.2 Å². The van der Waals surface area contributed by atoms with Crippen LogP contribution in [0.25, 0.3) is 6.08 Å². The van der Waals surface area contributed by atoms with Crippen molar-refractivity contribution in [3.8, 4) is 17.2 Å². The van der Waals surface area contributed by atoms with Gasteiger partial charge in [-0.1, -0.05) is 18.2 Å². The van der Waals surface area contributed by atoms with Crippen molar-refractivity contribution >= 4 is 17.7 Å². The first kappa shape index (κ1) is 17.0. The Hall–Kier alpha value is -3.35. The number of ether oxygens (including phenoxy) is 3. The van der Waals surface area contributed by atoms with Crippen molar-refractivity contribution in [3.63, 3.8) is 0 Å². The van der Waals surface area contributed by atoms with E-state index in [4.69, 9.17) is 14.2 Å². The average molecular weight is 329 g/mol. The molecule has 0 atom stereocenters. The van der Waals surface area contributed by atoms with Gasteiger partial charge < -0.3 is 14.2 Å². The second-order valence-electron chi connectivity index (χ2n) is 4.60. The van der Waals surface area contributed by atoms with E-state index in [9.17, 15) is 14.9 Å². The predicted molar refractivity (Wildman–Crippen MR) is 87.3 cm³/mol. The molecule has 0 aliphatic rings. The highest BCUT2D eigenvalue weighted by Crippen LogP contribution is 2.36. The monoisotopic (exact) mass is 329 g/mol. The van der Waals surface area contributed by atoms with Crippen molar-refractivity contribution in [2.24, 2.45) is 0 Å². The molecule has 0 aromatic heterocycles. The highest BCUT2D eigenvalue weighted by atomic mass is 16.6. The fourth-order valence-electron chi connectivity index (χ4n) is 1.96. The molecule has 0 saturated carbocycles. The lowest BCUT2D eigenvalue weighted by atomic mass is 10.2. The fraction of sp³-hybridized carbons (Fsp3) is 0.118. The van der Waals surface area contributed by atoms with Crippen LogP contribution in [0, 0.1) is 10.1 Å². The van der Waals surface area contributed by atoms with E-state index in [2.05, 4.69) is 0 Å². The number of carbonyl (C=O) groups excluding carboxylic acids is 1. The van der Waals surface area contributed by atoms with Gasteiger partial charge in [-0.2, -0.15) is 0 Å². The van der Waals surface area contributed by atoms with Crippen LogP contribution in [-0.4, -0.2) is 25.1 Å². The van der Waals surface area contributed by atoms with E-state index < -0.39 is 10.9 Å². The second kappa shape index (κ2) is 7.77. The summed E-state index contributed by atoms with van der Waals surface area (Å²) in [5.74, 6) is 0.207. The molecule has 0 bridgehead atoms. The first-order valence-corrected chi connectivity index (χ1v) is 6.90. The third-order valence-electron chi connectivity index (χ3n) is 3.08. The molecular formula is C17H15NO6. The normalized spacial score (nSPS) is 10.4. The minimum Gasteiger partial charge on any atom is -0.493 e. The zero-order valence-corrected chi connectivity index (χ0v) is 13.1. The summed E-state index contributed by atoms with van der Waals surface area (Å²) < 4.78 is 15.5. The summed E-state index contributed by atoms with van der Waals surface area (Å²) in [6.45, 7) is 0.